The summed E-state index contributed by atoms with van der Waals surface area (Å²) in [6, 6.07) is 7.51. The minimum atomic E-state index is -0.176. The predicted octanol–water partition coefficient (Wildman–Crippen LogP) is 3.94. The highest BCUT2D eigenvalue weighted by Gasteiger charge is 2.29. The van der Waals surface area contributed by atoms with E-state index in [0.29, 0.717) is 63.7 Å². The lowest BCUT2D eigenvalue weighted by Gasteiger charge is -2.30. The number of ether oxygens (including phenoxy) is 1. The number of hydrogen-bond donors (Lipinski definition) is 0. The fourth-order valence-electron chi connectivity index (χ4n) is 4.32. The van der Waals surface area contributed by atoms with Gasteiger partial charge in [-0.2, -0.15) is 0 Å². The van der Waals surface area contributed by atoms with E-state index in [1.165, 1.54) is 0 Å². The van der Waals surface area contributed by atoms with Gasteiger partial charge in [0, 0.05) is 37.4 Å². The van der Waals surface area contributed by atoms with Gasteiger partial charge in [0.2, 0.25) is 5.91 Å². The molecule has 1 aliphatic heterocycles. The van der Waals surface area contributed by atoms with E-state index in [-0.39, 0.29) is 29.6 Å². The third-order valence-electron chi connectivity index (χ3n) is 6.18. The maximum absolute atomic E-state index is 12.9. The van der Waals surface area contributed by atoms with Gasteiger partial charge in [-0.05, 0) is 50.5 Å². The van der Waals surface area contributed by atoms with Crippen molar-refractivity contribution in [3.05, 3.63) is 47.7 Å². The zero-order chi connectivity index (χ0) is 24.7. The molecule has 0 bridgehead atoms. The maximum atomic E-state index is 12.9. The van der Waals surface area contributed by atoms with Crippen molar-refractivity contribution in [3.63, 3.8) is 0 Å². The summed E-state index contributed by atoms with van der Waals surface area (Å²) in [4.78, 5) is 41.0. The number of rotatable bonds is 10. The Morgan fingerprint density at radius 2 is 1.88 bits per heavy atom. The van der Waals surface area contributed by atoms with Crippen LogP contribution >= 0.6 is 0 Å². The van der Waals surface area contributed by atoms with E-state index >= 15 is 0 Å². The van der Waals surface area contributed by atoms with Crippen LogP contribution in [0.3, 0.4) is 0 Å². The Bertz CT molecular complexity index is 969. The topological polar surface area (TPSA) is 85.0 Å². The highest BCUT2D eigenvalue weighted by Crippen LogP contribution is 2.22. The van der Waals surface area contributed by atoms with Crippen molar-refractivity contribution in [2.75, 3.05) is 26.2 Å². The standard InChI is InChI=1S/C26H37N3O5/c1-5-13-29(24(30)19(3)4)17-21-8-7-14-28(21)18-22-9-10-23(34-22)25(31)27-15-11-20(12-16-27)26(32)33-6-2/h7-10,14,19-20H,5-6,11-13,15-18H2,1-4H3. The number of carbonyl (C=O) groups excluding carboxylic acids is 3. The molecule has 0 aliphatic carbocycles. The molecular formula is C26H37N3O5. The van der Waals surface area contributed by atoms with E-state index in [1.54, 1.807) is 17.9 Å². The average Bonchev–Trinajstić information content (AvgIpc) is 3.48. The lowest BCUT2D eigenvalue weighted by molar-refractivity contribution is -0.149. The first-order valence-electron chi connectivity index (χ1n) is 12.3. The fourth-order valence-corrected chi connectivity index (χ4v) is 4.32. The summed E-state index contributed by atoms with van der Waals surface area (Å²) in [5.41, 5.74) is 1.02. The Hall–Kier alpha value is -3.03. The summed E-state index contributed by atoms with van der Waals surface area (Å²) in [5.74, 6) is 0.615. The van der Waals surface area contributed by atoms with Gasteiger partial charge in [-0.3, -0.25) is 14.4 Å². The van der Waals surface area contributed by atoms with Gasteiger partial charge >= 0.3 is 5.97 Å². The molecule has 186 valence electrons. The molecule has 8 heteroatoms. The second-order valence-electron chi connectivity index (χ2n) is 9.13. The highest BCUT2D eigenvalue weighted by molar-refractivity contribution is 5.91. The normalized spacial score (nSPS) is 14.4. The number of esters is 1. The fraction of sp³-hybridized carbons (Fsp3) is 0.577. The summed E-state index contributed by atoms with van der Waals surface area (Å²) in [6.45, 7) is 10.9. The molecule has 1 aliphatic rings. The first-order chi connectivity index (χ1) is 16.3. The van der Waals surface area contributed by atoms with E-state index in [0.717, 1.165) is 12.1 Å². The van der Waals surface area contributed by atoms with Crippen LogP contribution in [0.2, 0.25) is 0 Å². The molecule has 0 atom stereocenters. The summed E-state index contributed by atoms with van der Waals surface area (Å²) >= 11 is 0. The van der Waals surface area contributed by atoms with Gasteiger partial charge in [-0.15, -0.1) is 0 Å². The number of furan rings is 1. The number of carbonyl (C=O) groups is 3. The molecule has 0 N–H and O–H groups in total. The van der Waals surface area contributed by atoms with Gasteiger partial charge in [0.1, 0.15) is 5.76 Å². The molecule has 3 heterocycles. The number of hydrogen-bond acceptors (Lipinski definition) is 5. The minimum Gasteiger partial charge on any atom is -0.466 e. The predicted molar refractivity (Wildman–Crippen MR) is 128 cm³/mol. The van der Waals surface area contributed by atoms with Gasteiger partial charge in [-0.25, -0.2) is 0 Å². The summed E-state index contributed by atoms with van der Waals surface area (Å²) in [7, 11) is 0. The van der Waals surface area contributed by atoms with Crippen molar-refractivity contribution in [1.29, 1.82) is 0 Å². The molecule has 1 saturated heterocycles. The van der Waals surface area contributed by atoms with E-state index in [1.807, 2.05) is 47.7 Å². The first-order valence-corrected chi connectivity index (χ1v) is 12.3. The Balaban J connectivity index is 1.60. The number of aromatic nitrogens is 1. The van der Waals surface area contributed by atoms with Crippen molar-refractivity contribution in [2.45, 2.75) is 60.0 Å². The Kier molecular flexibility index (Phi) is 8.96. The second-order valence-corrected chi connectivity index (χ2v) is 9.13. The molecule has 2 aromatic heterocycles. The minimum absolute atomic E-state index is 0.0454. The molecule has 2 amide bonds. The second kappa shape index (κ2) is 11.9. The molecule has 8 nitrogen and oxygen atoms in total. The van der Waals surface area contributed by atoms with Crippen LogP contribution in [0.25, 0.3) is 0 Å². The molecular weight excluding hydrogens is 434 g/mol. The molecule has 0 saturated carbocycles. The number of amides is 2. The van der Waals surface area contributed by atoms with Crippen molar-refractivity contribution in [3.8, 4) is 0 Å². The largest absolute Gasteiger partial charge is 0.466 e. The number of piperidine rings is 1. The molecule has 1 fully saturated rings. The van der Waals surface area contributed by atoms with Crippen molar-refractivity contribution < 1.29 is 23.5 Å². The van der Waals surface area contributed by atoms with Crippen LogP contribution in [-0.4, -0.2) is 58.4 Å². The summed E-state index contributed by atoms with van der Waals surface area (Å²) in [6.07, 6.45) is 4.08. The number of likely N-dealkylation sites (tertiary alicyclic amines) is 1. The van der Waals surface area contributed by atoms with Crippen LogP contribution in [0.15, 0.2) is 34.9 Å². The van der Waals surface area contributed by atoms with Gasteiger partial charge in [0.25, 0.3) is 5.91 Å². The zero-order valence-corrected chi connectivity index (χ0v) is 20.8. The third kappa shape index (κ3) is 6.30. The molecule has 0 aromatic carbocycles. The molecule has 2 aromatic rings. The molecule has 3 rings (SSSR count). The lowest BCUT2D eigenvalue weighted by atomic mass is 9.97. The summed E-state index contributed by atoms with van der Waals surface area (Å²) in [5, 5.41) is 0. The van der Waals surface area contributed by atoms with Crippen LogP contribution in [-0.2, 0) is 27.4 Å². The van der Waals surface area contributed by atoms with Crippen molar-refractivity contribution in [1.82, 2.24) is 14.4 Å². The first kappa shape index (κ1) is 25.6. The van der Waals surface area contributed by atoms with E-state index < -0.39 is 0 Å². The molecule has 0 spiro atoms. The van der Waals surface area contributed by atoms with Crippen LogP contribution < -0.4 is 0 Å². The lowest BCUT2D eigenvalue weighted by Crippen LogP contribution is -2.40. The van der Waals surface area contributed by atoms with Crippen LogP contribution in [0.5, 0.6) is 0 Å². The SMILES string of the molecule is CCCN(Cc1cccn1Cc1ccc(C(=O)N2CCC(C(=O)OCC)CC2)o1)C(=O)C(C)C. The molecule has 34 heavy (non-hydrogen) atoms. The number of nitrogens with zero attached hydrogens (tertiary/aromatic N) is 3. The van der Waals surface area contributed by atoms with Gasteiger partial charge in [-0.1, -0.05) is 20.8 Å². The molecule has 0 unspecified atom stereocenters. The van der Waals surface area contributed by atoms with Crippen LogP contribution in [0, 0.1) is 11.8 Å². The Morgan fingerprint density at radius 3 is 2.53 bits per heavy atom. The zero-order valence-electron chi connectivity index (χ0n) is 20.8. The van der Waals surface area contributed by atoms with Crippen molar-refractivity contribution in [2.24, 2.45) is 11.8 Å². The van der Waals surface area contributed by atoms with E-state index in [2.05, 4.69) is 6.92 Å². The van der Waals surface area contributed by atoms with Crippen LogP contribution in [0.1, 0.15) is 69.0 Å². The van der Waals surface area contributed by atoms with Gasteiger partial charge in [0.15, 0.2) is 5.76 Å². The monoisotopic (exact) mass is 471 g/mol. The highest BCUT2D eigenvalue weighted by atomic mass is 16.5. The van der Waals surface area contributed by atoms with E-state index in [4.69, 9.17) is 9.15 Å². The van der Waals surface area contributed by atoms with Crippen LogP contribution in [0.4, 0.5) is 0 Å². The summed E-state index contributed by atoms with van der Waals surface area (Å²) < 4.78 is 13.0. The van der Waals surface area contributed by atoms with Crippen molar-refractivity contribution >= 4 is 17.8 Å². The van der Waals surface area contributed by atoms with Gasteiger partial charge in [0.05, 0.1) is 25.6 Å². The Labute approximate surface area is 201 Å². The van der Waals surface area contributed by atoms with E-state index in [9.17, 15) is 14.4 Å². The maximum Gasteiger partial charge on any atom is 0.309 e. The Morgan fingerprint density at radius 1 is 1.15 bits per heavy atom. The smallest absolute Gasteiger partial charge is 0.309 e. The average molecular weight is 472 g/mol. The third-order valence-corrected chi connectivity index (χ3v) is 6.18. The molecule has 0 radical (unpaired) electrons. The van der Waals surface area contributed by atoms with Gasteiger partial charge < -0.3 is 23.5 Å². The quantitative estimate of drug-likeness (QED) is 0.490.